The molecule has 0 radical (unpaired) electrons. The molecule has 0 unspecified atom stereocenters. The number of hydrogen-bond donors (Lipinski definition) is 4. The SMILES string of the molecule is FC(F)Oc1ccc(-c2nc3c([nH]2)-c2ccncc2Nc2ncccc2-3)cc1.O=C(O)C(F)(F)F.O=C(O)C(F)(F)F. The number of aliphatic carboxylic acids is 2. The van der Waals surface area contributed by atoms with Crippen molar-refractivity contribution in [3.63, 3.8) is 0 Å². The maximum absolute atomic E-state index is 12.4. The van der Waals surface area contributed by atoms with E-state index in [0.717, 1.165) is 33.8 Å². The minimum Gasteiger partial charge on any atom is -0.475 e. The third-order valence-electron chi connectivity index (χ3n) is 4.95. The molecule has 1 aromatic carbocycles. The highest BCUT2D eigenvalue weighted by atomic mass is 19.4. The highest BCUT2D eigenvalue weighted by Crippen LogP contribution is 2.42. The molecule has 4 aromatic rings. The molecule has 1 aliphatic heterocycles. The van der Waals surface area contributed by atoms with Gasteiger partial charge in [0, 0.05) is 29.1 Å². The van der Waals surface area contributed by atoms with Crippen molar-refractivity contribution in [2.45, 2.75) is 19.0 Å². The molecule has 3 aromatic heterocycles. The Kier molecular flexibility index (Phi) is 9.28. The number of pyridine rings is 2. The molecule has 42 heavy (non-hydrogen) atoms. The number of halogens is 8. The molecule has 4 heterocycles. The van der Waals surface area contributed by atoms with Crippen molar-refractivity contribution in [3.8, 4) is 39.7 Å². The number of nitrogens with one attached hydrogen (secondary N) is 2. The molecular formula is C24H15F8N5O5. The molecule has 0 saturated heterocycles. The van der Waals surface area contributed by atoms with E-state index in [1.165, 1.54) is 12.1 Å². The Labute approximate surface area is 228 Å². The molecule has 4 N–H and O–H groups in total. The second-order valence-electron chi connectivity index (χ2n) is 7.76. The first-order valence-electron chi connectivity index (χ1n) is 11.0. The van der Waals surface area contributed by atoms with Crippen LogP contribution in [-0.2, 0) is 9.59 Å². The zero-order chi connectivity index (χ0) is 31.2. The summed E-state index contributed by atoms with van der Waals surface area (Å²) >= 11 is 0. The molecule has 5 rings (SSSR count). The second-order valence-corrected chi connectivity index (χ2v) is 7.76. The van der Waals surface area contributed by atoms with Crippen molar-refractivity contribution in [2.24, 2.45) is 0 Å². The highest BCUT2D eigenvalue weighted by molar-refractivity contribution is 5.95. The van der Waals surface area contributed by atoms with Crippen LogP contribution in [0.3, 0.4) is 0 Å². The number of anilines is 2. The lowest BCUT2D eigenvalue weighted by Gasteiger charge is -2.08. The van der Waals surface area contributed by atoms with Gasteiger partial charge in [-0.3, -0.25) is 4.98 Å². The van der Waals surface area contributed by atoms with Gasteiger partial charge in [0.15, 0.2) is 0 Å². The first-order valence-corrected chi connectivity index (χ1v) is 11.0. The summed E-state index contributed by atoms with van der Waals surface area (Å²) < 4.78 is 92.6. The zero-order valence-electron chi connectivity index (χ0n) is 20.3. The van der Waals surface area contributed by atoms with E-state index < -0.39 is 30.9 Å². The Hall–Kier alpha value is -5.29. The fraction of sp³-hybridized carbons (Fsp3) is 0.125. The number of carboxylic acid groups (broad SMARTS) is 2. The Bertz CT molecular complexity index is 1470. The van der Waals surface area contributed by atoms with Crippen LogP contribution in [0.2, 0.25) is 0 Å². The molecule has 222 valence electrons. The summed E-state index contributed by atoms with van der Waals surface area (Å²) in [5.41, 5.74) is 4.93. The number of imidazole rings is 1. The first-order chi connectivity index (χ1) is 19.6. The highest BCUT2D eigenvalue weighted by Gasteiger charge is 2.38. The minimum absolute atomic E-state index is 0.0991. The molecule has 1 aliphatic rings. The normalized spacial score (nSPS) is 11.6. The van der Waals surface area contributed by atoms with Gasteiger partial charge in [-0.25, -0.2) is 19.6 Å². The van der Waals surface area contributed by atoms with Gasteiger partial charge in [0.2, 0.25) is 0 Å². The maximum Gasteiger partial charge on any atom is 0.490 e. The van der Waals surface area contributed by atoms with Crippen molar-refractivity contribution in [3.05, 3.63) is 61.1 Å². The molecule has 18 heteroatoms. The van der Waals surface area contributed by atoms with Crippen LogP contribution in [0.25, 0.3) is 33.9 Å². The monoisotopic (exact) mass is 605 g/mol. The summed E-state index contributed by atoms with van der Waals surface area (Å²) in [6, 6.07) is 12.0. The van der Waals surface area contributed by atoms with Gasteiger partial charge < -0.3 is 25.3 Å². The number of hydrogen-bond acceptors (Lipinski definition) is 7. The van der Waals surface area contributed by atoms with Crippen LogP contribution >= 0.6 is 0 Å². The van der Waals surface area contributed by atoms with Crippen molar-refractivity contribution in [1.29, 1.82) is 0 Å². The summed E-state index contributed by atoms with van der Waals surface area (Å²) in [5.74, 6) is -4.11. The van der Waals surface area contributed by atoms with E-state index in [2.05, 4.69) is 25.0 Å². The fourth-order valence-corrected chi connectivity index (χ4v) is 3.23. The molecule has 0 fully saturated rings. The molecule has 0 amide bonds. The predicted molar refractivity (Wildman–Crippen MR) is 128 cm³/mol. The Morgan fingerprint density at radius 1 is 0.857 bits per heavy atom. The molecule has 0 aliphatic carbocycles. The number of aromatic nitrogens is 4. The van der Waals surface area contributed by atoms with E-state index >= 15 is 0 Å². The number of nitrogens with zero attached hydrogens (tertiary/aromatic N) is 3. The Morgan fingerprint density at radius 2 is 1.45 bits per heavy atom. The van der Waals surface area contributed by atoms with E-state index in [4.69, 9.17) is 24.8 Å². The Morgan fingerprint density at radius 3 is 2.00 bits per heavy atom. The van der Waals surface area contributed by atoms with Crippen molar-refractivity contribution in [2.75, 3.05) is 5.32 Å². The standard InChI is InChI=1S/C20H13F2N5O.2C2HF3O2/c21-20(22)28-12-5-3-11(4-6-12)18-26-16-13-7-9-23-10-15(13)25-19-14(17(16)27-18)2-1-8-24-19;2*3-2(4,5)1(6)7/h1-10,20H,(H,24,25)(H,26,27);2*(H,6,7). The number of carbonyl (C=O) groups is 2. The fourth-order valence-electron chi connectivity index (χ4n) is 3.23. The number of ether oxygens (including phenoxy) is 1. The summed E-state index contributed by atoms with van der Waals surface area (Å²) in [7, 11) is 0. The summed E-state index contributed by atoms with van der Waals surface area (Å²) in [4.78, 5) is 34.5. The second kappa shape index (κ2) is 12.5. The summed E-state index contributed by atoms with van der Waals surface area (Å²) in [6.07, 6.45) is -5.01. The molecule has 10 nitrogen and oxygen atoms in total. The quantitative estimate of drug-likeness (QED) is 0.178. The predicted octanol–water partition coefficient (Wildman–Crippen LogP) is 6.13. The lowest BCUT2D eigenvalue weighted by Crippen LogP contribution is -2.21. The van der Waals surface area contributed by atoms with Crippen molar-refractivity contribution < 1.29 is 59.7 Å². The minimum atomic E-state index is -5.08. The van der Waals surface area contributed by atoms with E-state index in [0.29, 0.717) is 11.6 Å². The third-order valence-corrected chi connectivity index (χ3v) is 4.95. The van der Waals surface area contributed by atoms with Gasteiger partial charge in [0.05, 0.1) is 17.6 Å². The lowest BCUT2D eigenvalue weighted by molar-refractivity contribution is -0.193. The lowest BCUT2D eigenvalue weighted by atomic mass is 10.1. The van der Waals surface area contributed by atoms with Crippen molar-refractivity contribution >= 4 is 23.4 Å². The number of benzene rings is 1. The van der Waals surface area contributed by atoms with Gasteiger partial charge in [-0.2, -0.15) is 35.1 Å². The number of fused-ring (bicyclic) bond motifs is 5. The van der Waals surface area contributed by atoms with Gasteiger partial charge in [-0.1, -0.05) is 0 Å². The van der Waals surface area contributed by atoms with Crippen LogP contribution < -0.4 is 10.1 Å². The summed E-state index contributed by atoms with van der Waals surface area (Å²) in [6.45, 7) is -2.85. The summed E-state index contributed by atoms with van der Waals surface area (Å²) in [5, 5.41) is 17.5. The van der Waals surface area contributed by atoms with E-state index in [1.807, 2.05) is 18.2 Å². The third kappa shape index (κ3) is 7.89. The van der Waals surface area contributed by atoms with Crippen molar-refractivity contribution in [1.82, 2.24) is 19.9 Å². The smallest absolute Gasteiger partial charge is 0.475 e. The molecule has 0 saturated carbocycles. The largest absolute Gasteiger partial charge is 0.490 e. The molecule has 0 bridgehead atoms. The number of H-pyrrole nitrogens is 1. The van der Waals surface area contributed by atoms with Crippen LogP contribution in [0.5, 0.6) is 5.75 Å². The van der Waals surface area contributed by atoms with Gasteiger partial charge in [0.1, 0.15) is 23.1 Å². The molecule has 0 atom stereocenters. The van der Waals surface area contributed by atoms with Crippen LogP contribution in [0.4, 0.5) is 46.6 Å². The zero-order valence-corrected chi connectivity index (χ0v) is 20.3. The molecular weight excluding hydrogens is 590 g/mol. The van der Waals surface area contributed by atoms with E-state index in [-0.39, 0.29) is 5.75 Å². The number of rotatable bonds is 3. The number of carboxylic acids is 2. The number of alkyl halides is 8. The Balaban J connectivity index is 0.000000289. The van der Waals surface area contributed by atoms with Crippen LogP contribution in [-0.4, -0.2) is 61.1 Å². The first kappa shape index (κ1) is 31.2. The van der Waals surface area contributed by atoms with Gasteiger partial charge in [-0.05, 0) is 42.5 Å². The van der Waals surface area contributed by atoms with Gasteiger partial charge >= 0.3 is 30.9 Å². The van der Waals surface area contributed by atoms with Crippen LogP contribution in [0.15, 0.2) is 61.1 Å². The van der Waals surface area contributed by atoms with Crippen LogP contribution in [0, 0.1) is 0 Å². The van der Waals surface area contributed by atoms with Gasteiger partial charge in [-0.15, -0.1) is 0 Å². The van der Waals surface area contributed by atoms with E-state index in [1.54, 1.807) is 30.7 Å². The number of aromatic amines is 1. The van der Waals surface area contributed by atoms with Gasteiger partial charge in [0.25, 0.3) is 0 Å². The average Bonchev–Trinajstić information content (AvgIpc) is 3.29. The van der Waals surface area contributed by atoms with E-state index in [9.17, 15) is 35.1 Å². The van der Waals surface area contributed by atoms with Crippen LogP contribution in [0.1, 0.15) is 0 Å². The average molecular weight is 605 g/mol. The maximum atomic E-state index is 12.4. The topological polar surface area (TPSA) is 150 Å². The molecule has 0 spiro atoms.